The van der Waals surface area contributed by atoms with Crippen LogP contribution in [0.15, 0.2) is 47.6 Å². The molecule has 2 atom stereocenters. The summed E-state index contributed by atoms with van der Waals surface area (Å²) in [5.74, 6) is -2.08. The Labute approximate surface area is 186 Å². The number of hydrogen-bond acceptors (Lipinski definition) is 6. The van der Waals surface area contributed by atoms with Gasteiger partial charge in [0.1, 0.15) is 0 Å². The Morgan fingerprint density at radius 3 is 2.44 bits per heavy atom. The van der Waals surface area contributed by atoms with Gasteiger partial charge in [0.05, 0.1) is 28.4 Å². The van der Waals surface area contributed by atoms with E-state index in [2.05, 4.69) is 15.0 Å². The van der Waals surface area contributed by atoms with Crippen molar-refractivity contribution in [1.82, 2.24) is 14.6 Å². The summed E-state index contributed by atoms with van der Waals surface area (Å²) < 4.78 is 26.2. The molecule has 0 unspecified atom stereocenters. The number of aromatic nitrogens is 1. The van der Waals surface area contributed by atoms with Crippen LogP contribution in [0.4, 0.5) is 5.69 Å². The van der Waals surface area contributed by atoms with Crippen LogP contribution in [0.25, 0.3) is 0 Å². The van der Waals surface area contributed by atoms with Crippen LogP contribution in [0.5, 0.6) is 0 Å². The number of piperidine rings is 1. The zero-order valence-corrected chi connectivity index (χ0v) is 18.6. The van der Waals surface area contributed by atoms with Crippen LogP contribution in [-0.4, -0.2) is 49.6 Å². The normalized spacial score (nSPS) is 18.8. The van der Waals surface area contributed by atoms with Crippen LogP contribution in [0, 0.1) is 5.92 Å². The number of benzene rings is 1. The first kappa shape index (κ1) is 23.4. The SMILES string of the molecule is CNS(=O)(=O)c1ccc([C@H]2CC[C@H](C)CN2C(=O)C(=O)Nc2cncc(C(N)=O)c2)cc1. The lowest BCUT2D eigenvalue weighted by Crippen LogP contribution is -2.46. The predicted octanol–water partition coefficient (Wildman–Crippen LogP) is 1.03. The molecule has 1 fully saturated rings. The minimum Gasteiger partial charge on any atom is -0.366 e. The van der Waals surface area contributed by atoms with Crippen LogP contribution < -0.4 is 15.8 Å². The summed E-state index contributed by atoms with van der Waals surface area (Å²) >= 11 is 0. The lowest BCUT2D eigenvalue weighted by Gasteiger charge is -2.38. The maximum absolute atomic E-state index is 13.0. The molecule has 3 amide bonds. The summed E-state index contributed by atoms with van der Waals surface area (Å²) in [6.07, 6.45) is 4.07. The molecular weight excluding hydrogens is 434 g/mol. The van der Waals surface area contributed by atoms with Crippen molar-refractivity contribution < 1.29 is 22.8 Å². The number of amides is 3. The van der Waals surface area contributed by atoms with Crippen molar-refractivity contribution >= 4 is 33.4 Å². The van der Waals surface area contributed by atoms with Crippen LogP contribution in [0.1, 0.15) is 41.7 Å². The Bertz CT molecular complexity index is 1130. The van der Waals surface area contributed by atoms with E-state index in [1.807, 2.05) is 6.92 Å². The average Bonchev–Trinajstić information content (AvgIpc) is 2.78. The van der Waals surface area contributed by atoms with Gasteiger partial charge in [0.2, 0.25) is 15.9 Å². The number of sulfonamides is 1. The molecule has 170 valence electrons. The van der Waals surface area contributed by atoms with Gasteiger partial charge in [-0.3, -0.25) is 19.4 Å². The van der Waals surface area contributed by atoms with E-state index in [0.29, 0.717) is 13.0 Å². The highest BCUT2D eigenvalue weighted by atomic mass is 32.2. The highest BCUT2D eigenvalue weighted by Gasteiger charge is 2.34. The molecule has 4 N–H and O–H groups in total. The maximum Gasteiger partial charge on any atom is 0.313 e. The van der Waals surface area contributed by atoms with Gasteiger partial charge in [0.15, 0.2) is 0 Å². The molecule has 2 aromatic rings. The van der Waals surface area contributed by atoms with Crippen molar-refractivity contribution in [1.29, 1.82) is 0 Å². The minimum atomic E-state index is -3.58. The van der Waals surface area contributed by atoms with Crippen molar-refractivity contribution in [2.45, 2.75) is 30.7 Å². The minimum absolute atomic E-state index is 0.108. The number of carbonyl (C=O) groups excluding carboxylic acids is 3. The monoisotopic (exact) mass is 459 g/mol. The van der Waals surface area contributed by atoms with E-state index in [1.165, 1.54) is 42.5 Å². The molecule has 1 aliphatic heterocycles. The average molecular weight is 460 g/mol. The van der Waals surface area contributed by atoms with Gasteiger partial charge in [0.25, 0.3) is 0 Å². The molecule has 0 saturated carbocycles. The third-order valence-corrected chi connectivity index (χ3v) is 6.83. The maximum atomic E-state index is 13.0. The zero-order valence-electron chi connectivity index (χ0n) is 17.7. The van der Waals surface area contributed by atoms with Gasteiger partial charge in [0, 0.05) is 12.7 Å². The zero-order chi connectivity index (χ0) is 23.5. The van der Waals surface area contributed by atoms with Crippen molar-refractivity contribution in [3.63, 3.8) is 0 Å². The summed E-state index contributed by atoms with van der Waals surface area (Å²) in [4.78, 5) is 42.5. The van der Waals surface area contributed by atoms with Gasteiger partial charge in [-0.1, -0.05) is 19.1 Å². The lowest BCUT2D eigenvalue weighted by atomic mass is 9.90. The summed E-state index contributed by atoms with van der Waals surface area (Å²) in [7, 11) is -2.24. The first-order chi connectivity index (χ1) is 15.1. The van der Waals surface area contributed by atoms with Crippen LogP contribution in [-0.2, 0) is 19.6 Å². The van der Waals surface area contributed by atoms with Crippen molar-refractivity contribution in [2.24, 2.45) is 11.7 Å². The number of nitrogens with two attached hydrogens (primary N) is 1. The van der Waals surface area contributed by atoms with Crippen molar-refractivity contribution in [3.8, 4) is 0 Å². The molecule has 32 heavy (non-hydrogen) atoms. The van der Waals surface area contributed by atoms with E-state index in [1.54, 1.807) is 12.1 Å². The third kappa shape index (κ3) is 5.11. The number of carbonyl (C=O) groups is 3. The molecule has 1 aliphatic rings. The van der Waals surface area contributed by atoms with E-state index >= 15 is 0 Å². The van der Waals surface area contributed by atoms with E-state index in [-0.39, 0.29) is 28.1 Å². The third-order valence-electron chi connectivity index (χ3n) is 5.40. The molecule has 2 heterocycles. The molecule has 0 radical (unpaired) electrons. The molecule has 0 bridgehead atoms. The summed E-state index contributed by atoms with van der Waals surface area (Å²) in [6.45, 7) is 2.38. The largest absolute Gasteiger partial charge is 0.366 e. The summed E-state index contributed by atoms with van der Waals surface area (Å²) in [6, 6.07) is 7.24. The summed E-state index contributed by atoms with van der Waals surface area (Å²) in [5.41, 5.74) is 6.26. The number of rotatable bonds is 5. The predicted molar refractivity (Wildman–Crippen MR) is 117 cm³/mol. The summed E-state index contributed by atoms with van der Waals surface area (Å²) in [5, 5.41) is 2.47. The number of nitrogens with one attached hydrogen (secondary N) is 2. The number of anilines is 1. The van der Waals surface area contributed by atoms with Gasteiger partial charge >= 0.3 is 11.8 Å². The molecule has 10 nitrogen and oxygen atoms in total. The van der Waals surface area contributed by atoms with E-state index in [9.17, 15) is 22.8 Å². The molecule has 3 rings (SSSR count). The molecule has 0 spiro atoms. The first-order valence-electron chi connectivity index (χ1n) is 10.0. The standard InChI is InChI=1S/C21H25N5O5S/c1-13-3-8-18(14-4-6-17(7-5-14)32(30,31)23-2)26(12-13)21(29)20(28)25-16-9-15(19(22)27)10-24-11-16/h4-7,9-11,13,18,23H,3,8,12H2,1-2H3,(H2,22,27)(H,25,28)/t13-,18+/m0/s1. The number of pyridine rings is 1. The van der Waals surface area contributed by atoms with Gasteiger partial charge in [-0.25, -0.2) is 13.1 Å². The van der Waals surface area contributed by atoms with Gasteiger partial charge in [-0.15, -0.1) is 0 Å². The highest BCUT2D eigenvalue weighted by Crippen LogP contribution is 2.34. The second-order valence-electron chi connectivity index (χ2n) is 7.71. The number of primary amides is 1. The Balaban J connectivity index is 1.81. The van der Waals surface area contributed by atoms with E-state index < -0.39 is 27.7 Å². The van der Waals surface area contributed by atoms with Gasteiger partial charge < -0.3 is 16.0 Å². The molecule has 1 aromatic heterocycles. The number of likely N-dealkylation sites (tertiary alicyclic amines) is 1. The Morgan fingerprint density at radius 1 is 1.12 bits per heavy atom. The van der Waals surface area contributed by atoms with E-state index in [4.69, 9.17) is 5.73 Å². The fourth-order valence-corrected chi connectivity index (χ4v) is 4.40. The van der Waals surface area contributed by atoms with Crippen LogP contribution >= 0.6 is 0 Å². The second kappa shape index (κ2) is 9.45. The van der Waals surface area contributed by atoms with Crippen LogP contribution in [0.3, 0.4) is 0 Å². The first-order valence-corrected chi connectivity index (χ1v) is 11.5. The van der Waals surface area contributed by atoms with E-state index in [0.717, 1.165) is 12.0 Å². The molecular formula is C21H25N5O5S. The van der Waals surface area contributed by atoms with Crippen molar-refractivity contribution in [2.75, 3.05) is 18.9 Å². The molecule has 0 aliphatic carbocycles. The molecule has 11 heteroatoms. The fraction of sp³-hybridized carbons (Fsp3) is 0.333. The quantitative estimate of drug-likeness (QED) is 0.568. The molecule has 1 saturated heterocycles. The van der Waals surface area contributed by atoms with Gasteiger partial charge in [-0.05, 0) is 49.6 Å². The Hall–Kier alpha value is -3.31. The Kier molecular flexibility index (Phi) is 6.90. The number of nitrogens with zero attached hydrogens (tertiary/aromatic N) is 2. The highest BCUT2D eigenvalue weighted by molar-refractivity contribution is 7.89. The smallest absolute Gasteiger partial charge is 0.313 e. The lowest BCUT2D eigenvalue weighted by molar-refractivity contribution is -0.146. The van der Waals surface area contributed by atoms with Crippen molar-refractivity contribution in [3.05, 3.63) is 53.9 Å². The second-order valence-corrected chi connectivity index (χ2v) is 9.60. The Morgan fingerprint density at radius 2 is 1.81 bits per heavy atom. The number of hydrogen-bond donors (Lipinski definition) is 3. The fourth-order valence-electron chi connectivity index (χ4n) is 3.67. The molecule has 1 aromatic carbocycles. The van der Waals surface area contributed by atoms with Crippen LogP contribution in [0.2, 0.25) is 0 Å². The topological polar surface area (TPSA) is 152 Å². The van der Waals surface area contributed by atoms with Gasteiger partial charge in [-0.2, -0.15) is 0 Å².